The van der Waals surface area contributed by atoms with E-state index < -0.39 is 0 Å². The molecule has 120 valence electrons. The second-order valence-electron chi connectivity index (χ2n) is 6.05. The molecular weight excluding hydrogens is 288 g/mol. The number of rotatable bonds is 7. The second-order valence-corrected chi connectivity index (χ2v) is 6.05. The van der Waals surface area contributed by atoms with Crippen LogP contribution in [-0.4, -0.2) is 25.2 Å². The van der Waals surface area contributed by atoms with Crippen LogP contribution in [0.3, 0.4) is 0 Å². The Kier molecular flexibility index (Phi) is 5.48. The van der Waals surface area contributed by atoms with Gasteiger partial charge in [-0.3, -0.25) is 0 Å². The number of hydrogen-bond donors (Lipinski definition) is 1. The zero-order chi connectivity index (χ0) is 15.9. The van der Waals surface area contributed by atoms with Gasteiger partial charge in [-0.05, 0) is 47.2 Å². The fraction of sp³-hybridized carbons (Fsp3) is 0.444. The molecule has 0 aromatic heterocycles. The van der Waals surface area contributed by atoms with Gasteiger partial charge in [0, 0.05) is 24.0 Å². The number of hydrogen-bond acceptors (Lipinski definition) is 3. The molecule has 0 bridgehead atoms. The molecule has 0 saturated carbocycles. The molecule has 1 aliphatic heterocycles. The average Bonchev–Trinajstić information content (AvgIpc) is 3.04. The largest absolute Gasteiger partial charge is 0.372 e. The zero-order valence-electron chi connectivity index (χ0n) is 13.2. The van der Waals surface area contributed by atoms with Crippen molar-refractivity contribution in [1.29, 1.82) is 0 Å². The summed E-state index contributed by atoms with van der Waals surface area (Å²) in [5.41, 5.74) is 9.49. The fourth-order valence-electron chi connectivity index (χ4n) is 3.12. The number of ether oxygens (including phenoxy) is 1. The Hall–Kier alpha value is -2.07. The van der Waals surface area contributed by atoms with E-state index in [1.54, 1.807) is 0 Å². The van der Waals surface area contributed by atoms with Crippen LogP contribution in [0.25, 0.3) is 21.2 Å². The second kappa shape index (κ2) is 7.97. The van der Waals surface area contributed by atoms with Crippen LogP contribution in [0.15, 0.2) is 47.6 Å². The molecule has 2 atom stereocenters. The molecule has 2 aromatic carbocycles. The van der Waals surface area contributed by atoms with E-state index >= 15 is 0 Å². The maximum absolute atomic E-state index is 8.27. The first kappa shape index (κ1) is 15.8. The molecule has 2 unspecified atom stereocenters. The molecule has 1 fully saturated rings. The van der Waals surface area contributed by atoms with Crippen LogP contribution in [0.2, 0.25) is 0 Å². The monoisotopic (exact) mass is 310 g/mol. The average molecular weight is 310 g/mol. The van der Waals surface area contributed by atoms with E-state index in [1.165, 1.54) is 16.3 Å². The van der Waals surface area contributed by atoms with Gasteiger partial charge in [-0.25, -0.2) is 0 Å². The molecule has 1 heterocycles. The van der Waals surface area contributed by atoms with Crippen molar-refractivity contribution in [3.05, 3.63) is 58.5 Å². The number of azide groups is 1. The van der Waals surface area contributed by atoms with Crippen molar-refractivity contribution < 1.29 is 4.74 Å². The van der Waals surface area contributed by atoms with E-state index in [1.807, 2.05) is 0 Å². The van der Waals surface area contributed by atoms with Gasteiger partial charge in [0.25, 0.3) is 0 Å². The lowest BCUT2D eigenvalue weighted by Crippen LogP contribution is -2.21. The first-order valence-electron chi connectivity index (χ1n) is 8.18. The van der Waals surface area contributed by atoms with E-state index in [4.69, 9.17) is 10.3 Å². The van der Waals surface area contributed by atoms with Crippen molar-refractivity contribution in [3.8, 4) is 0 Å². The lowest BCUT2D eigenvalue weighted by atomic mass is 10.1. The van der Waals surface area contributed by atoms with Crippen LogP contribution in [-0.2, 0) is 11.3 Å². The maximum Gasteiger partial charge on any atom is 0.0721 e. The van der Waals surface area contributed by atoms with Crippen LogP contribution in [0, 0.1) is 0 Å². The highest BCUT2D eigenvalue weighted by molar-refractivity contribution is 5.82. The molecule has 23 heavy (non-hydrogen) atoms. The van der Waals surface area contributed by atoms with E-state index in [-0.39, 0.29) is 6.10 Å². The summed E-state index contributed by atoms with van der Waals surface area (Å²) in [5, 5.41) is 9.59. The van der Waals surface area contributed by atoms with Crippen LogP contribution in [0.1, 0.15) is 24.8 Å². The number of nitrogens with zero attached hydrogens (tertiary/aromatic N) is 3. The van der Waals surface area contributed by atoms with Gasteiger partial charge in [0.1, 0.15) is 0 Å². The summed E-state index contributed by atoms with van der Waals surface area (Å²) in [6.07, 6.45) is 3.27. The third-order valence-electron chi connectivity index (χ3n) is 4.36. The normalized spacial score (nSPS) is 20.5. The Labute approximate surface area is 136 Å². The van der Waals surface area contributed by atoms with Gasteiger partial charge in [-0.2, -0.15) is 0 Å². The van der Waals surface area contributed by atoms with E-state index in [0.717, 1.165) is 25.8 Å². The first-order chi connectivity index (χ1) is 11.3. The quantitative estimate of drug-likeness (QED) is 0.361. The molecule has 0 aliphatic carbocycles. The molecule has 1 N–H and O–H groups in total. The highest BCUT2D eigenvalue weighted by Gasteiger charge is 2.23. The Morgan fingerprint density at radius 1 is 1.22 bits per heavy atom. The van der Waals surface area contributed by atoms with Gasteiger partial charge < -0.3 is 10.1 Å². The van der Waals surface area contributed by atoms with Crippen LogP contribution in [0.4, 0.5) is 0 Å². The first-order valence-corrected chi connectivity index (χ1v) is 8.18. The van der Waals surface area contributed by atoms with Crippen molar-refractivity contribution in [2.75, 3.05) is 13.1 Å². The van der Waals surface area contributed by atoms with Gasteiger partial charge in [-0.1, -0.05) is 41.5 Å². The van der Waals surface area contributed by atoms with Gasteiger partial charge in [0.2, 0.25) is 0 Å². The summed E-state index contributed by atoms with van der Waals surface area (Å²) in [4.78, 5) is 2.78. The highest BCUT2D eigenvalue weighted by atomic mass is 16.5. The summed E-state index contributed by atoms with van der Waals surface area (Å²) >= 11 is 0. The van der Waals surface area contributed by atoms with Crippen LogP contribution >= 0.6 is 0 Å². The summed E-state index contributed by atoms with van der Waals surface area (Å²) in [6.45, 7) is 2.14. The predicted molar refractivity (Wildman–Crippen MR) is 92.2 cm³/mol. The molecule has 2 aromatic rings. The molecule has 3 rings (SSSR count). The van der Waals surface area contributed by atoms with Gasteiger partial charge in [-0.15, -0.1) is 0 Å². The van der Waals surface area contributed by atoms with Crippen LogP contribution in [0.5, 0.6) is 0 Å². The molecule has 1 saturated heterocycles. The van der Waals surface area contributed by atoms with Gasteiger partial charge in [0.15, 0.2) is 0 Å². The fourth-order valence-corrected chi connectivity index (χ4v) is 3.12. The van der Waals surface area contributed by atoms with E-state index in [2.05, 4.69) is 57.8 Å². The molecule has 0 spiro atoms. The van der Waals surface area contributed by atoms with Crippen molar-refractivity contribution in [1.82, 2.24) is 5.32 Å². The van der Waals surface area contributed by atoms with Crippen molar-refractivity contribution >= 4 is 10.8 Å². The Balaban J connectivity index is 1.45. The van der Waals surface area contributed by atoms with Crippen molar-refractivity contribution in [2.45, 2.75) is 38.0 Å². The molecular formula is C18H22N4O. The minimum Gasteiger partial charge on any atom is -0.372 e. The number of nitrogens with one attached hydrogen (secondary N) is 1. The van der Waals surface area contributed by atoms with Gasteiger partial charge >= 0.3 is 0 Å². The highest BCUT2D eigenvalue weighted by Crippen LogP contribution is 2.19. The minimum atomic E-state index is 0.269. The smallest absolute Gasteiger partial charge is 0.0721 e. The van der Waals surface area contributed by atoms with E-state index in [0.29, 0.717) is 19.2 Å². The third kappa shape index (κ3) is 4.45. The van der Waals surface area contributed by atoms with Crippen LogP contribution < -0.4 is 5.32 Å². The molecule has 1 aliphatic rings. The standard InChI is InChI=1S/C18H22N4O/c19-22-21-9-3-6-17-11-18(12-20-17)23-13-14-7-8-15-4-1-2-5-16(15)10-14/h1-2,4-5,7-8,10,17-18,20H,3,6,9,11-13H2. The van der Waals surface area contributed by atoms with Gasteiger partial charge in [0.05, 0.1) is 12.7 Å². The predicted octanol–water partition coefficient (Wildman–Crippen LogP) is 4.18. The van der Waals surface area contributed by atoms with Crippen molar-refractivity contribution in [3.63, 3.8) is 0 Å². The number of benzene rings is 2. The maximum atomic E-state index is 8.27. The summed E-state index contributed by atoms with van der Waals surface area (Å²) < 4.78 is 6.05. The third-order valence-corrected chi connectivity index (χ3v) is 4.36. The van der Waals surface area contributed by atoms with E-state index in [9.17, 15) is 0 Å². The summed E-state index contributed by atoms with van der Waals surface area (Å²) in [6, 6.07) is 15.4. The molecule has 5 nitrogen and oxygen atoms in total. The molecule has 5 heteroatoms. The summed E-state index contributed by atoms with van der Waals surface area (Å²) in [5.74, 6) is 0. The Morgan fingerprint density at radius 2 is 2.09 bits per heavy atom. The van der Waals surface area contributed by atoms with Crippen molar-refractivity contribution in [2.24, 2.45) is 5.11 Å². The molecule has 0 radical (unpaired) electrons. The topological polar surface area (TPSA) is 70.0 Å². The minimum absolute atomic E-state index is 0.269. The lowest BCUT2D eigenvalue weighted by Gasteiger charge is -2.12. The molecule has 0 amide bonds. The zero-order valence-corrected chi connectivity index (χ0v) is 13.2. The lowest BCUT2D eigenvalue weighted by molar-refractivity contribution is 0.0524. The SMILES string of the molecule is [N-]=[N+]=NCCCC1CC(OCc2ccc3ccccc3c2)CN1. The Bertz CT molecular complexity index is 696. The summed E-state index contributed by atoms with van der Waals surface area (Å²) in [7, 11) is 0. The Morgan fingerprint density at radius 3 is 2.96 bits per heavy atom. The number of fused-ring (bicyclic) bond motifs is 1.